The highest BCUT2D eigenvalue weighted by Crippen LogP contribution is 2.30. The molecule has 0 bridgehead atoms. The first-order valence-electron chi connectivity index (χ1n) is 6.57. The summed E-state index contributed by atoms with van der Waals surface area (Å²) in [4.78, 5) is 19.6. The smallest absolute Gasteiger partial charge is 0.363 e. The molecule has 2 aliphatic heterocycles. The summed E-state index contributed by atoms with van der Waals surface area (Å²) in [7, 11) is 0. The van der Waals surface area contributed by atoms with E-state index in [1.54, 1.807) is 18.3 Å². The van der Waals surface area contributed by atoms with Crippen molar-refractivity contribution in [2.24, 2.45) is 5.16 Å². The Balaban J connectivity index is 1.79. The first-order valence-corrected chi connectivity index (χ1v) is 7.38. The molecule has 0 spiro atoms. The molecule has 100 valence electrons. The van der Waals surface area contributed by atoms with Crippen LogP contribution in [0.1, 0.15) is 31.1 Å². The minimum Gasteiger partial charge on any atom is -0.363 e. The first-order chi connectivity index (χ1) is 9.24. The monoisotopic (exact) mass is 276 g/mol. The normalized spacial score (nSPS) is 21.7. The fraction of sp³-hybridized carbons (Fsp3) is 0.429. The molecule has 0 amide bonds. The largest absolute Gasteiger partial charge is 0.367 e. The van der Waals surface area contributed by atoms with Gasteiger partial charge in [-0.15, -0.1) is 11.3 Å². The molecule has 3 rings (SSSR count). The van der Waals surface area contributed by atoms with Crippen molar-refractivity contribution < 1.29 is 9.63 Å². The number of carbonyl (C=O) groups is 1. The van der Waals surface area contributed by atoms with Gasteiger partial charge in [0.15, 0.2) is 0 Å². The van der Waals surface area contributed by atoms with E-state index < -0.39 is 0 Å². The molecular weight excluding hydrogens is 260 g/mol. The number of hydrogen-bond acceptors (Lipinski definition) is 5. The Morgan fingerprint density at radius 1 is 1.32 bits per heavy atom. The molecule has 1 aromatic rings. The predicted octanol–water partition coefficient (Wildman–Crippen LogP) is 3.05. The zero-order valence-electron chi connectivity index (χ0n) is 10.9. The molecular formula is C14H16N2O2S. The second kappa shape index (κ2) is 5.17. The Bertz CT molecular complexity index is 554. The van der Waals surface area contributed by atoms with Gasteiger partial charge >= 0.3 is 5.97 Å². The zero-order valence-corrected chi connectivity index (χ0v) is 11.7. The molecule has 3 heterocycles. The molecule has 0 aromatic carbocycles. The van der Waals surface area contributed by atoms with E-state index in [-0.39, 0.29) is 5.97 Å². The molecule has 0 N–H and O–H groups in total. The van der Waals surface area contributed by atoms with Crippen LogP contribution in [0.2, 0.25) is 0 Å². The summed E-state index contributed by atoms with van der Waals surface area (Å²) in [5.41, 5.74) is 1.21. The summed E-state index contributed by atoms with van der Waals surface area (Å²) in [5.74, 6) is -0.356. The number of carbonyl (C=O) groups excluding carboxylic acids is 1. The van der Waals surface area contributed by atoms with E-state index in [0.717, 1.165) is 18.0 Å². The van der Waals surface area contributed by atoms with Crippen molar-refractivity contribution in [3.63, 3.8) is 0 Å². The van der Waals surface area contributed by atoms with Gasteiger partial charge in [-0.2, -0.15) is 0 Å². The van der Waals surface area contributed by atoms with E-state index in [4.69, 9.17) is 0 Å². The number of hydrogen-bond donors (Lipinski definition) is 0. The SMILES string of the molecule is CC1=NOC(=O)C1=Cc1ccc(N2CCCCC2)s1. The van der Waals surface area contributed by atoms with Gasteiger partial charge in [0, 0.05) is 18.0 Å². The molecule has 0 saturated carbocycles. The van der Waals surface area contributed by atoms with Gasteiger partial charge in [0.2, 0.25) is 0 Å². The average Bonchev–Trinajstić information content (AvgIpc) is 3.02. The summed E-state index contributed by atoms with van der Waals surface area (Å²) in [6.07, 6.45) is 5.74. The standard InChI is InChI=1S/C14H16N2O2S/c1-10-12(14(17)18-15-10)9-11-5-6-13(19-11)16-7-3-2-4-8-16/h5-6,9H,2-4,7-8H2,1H3. The van der Waals surface area contributed by atoms with Crippen LogP contribution in [0.25, 0.3) is 6.08 Å². The van der Waals surface area contributed by atoms with Crippen LogP contribution >= 0.6 is 11.3 Å². The van der Waals surface area contributed by atoms with E-state index in [2.05, 4.69) is 27.0 Å². The molecule has 1 fully saturated rings. The molecule has 1 aromatic heterocycles. The second-order valence-corrected chi connectivity index (χ2v) is 5.93. The lowest BCUT2D eigenvalue weighted by molar-refractivity contribution is -0.136. The van der Waals surface area contributed by atoms with Crippen molar-refractivity contribution in [3.05, 3.63) is 22.6 Å². The maximum Gasteiger partial charge on any atom is 0.367 e. The van der Waals surface area contributed by atoms with Gasteiger partial charge in [-0.05, 0) is 44.4 Å². The highest BCUT2D eigenvalue weighted by molar-refractivity contribution is 7.17. The average molecular weight is 276 g/mol. The Morgan fingerprint density at radius 3 is 2.79 bits per heavy atom. The summed E-state index contributed by atoms with van der Waals surface area (Å²) < 4.78 is 0. The van der Waals surface area contributed by atoms with Gasteiger partial charge < -0.3 is 9.74 Å². The minimum absolute atomic E-state index is 0.356. The van der Waals surface area contributed by atoms with Crippen LogP contribution < -0.4 is 4.90 Å². The van der Waals surface area contributed by atoms with E-state index in [9.17, 15) is 4.79 Å². The molecule has 1 saturated heterocycles. The van der Waals surface area contributed by atoms with Gasteiger partial charge in [-0.3, -0.25) is 0 Å². The third-order valence-corrected chi connectivity index (χ3v) is 4.54. The van der Waals surface area contributed by atoms with Crippen molar-refractivity contribution in [2.75, 3.05) is 18.0 Å². The molecule has 2 aliphatic rings. The van der Waals surface area contributed by atoms with E-state index in [1.165, 1.54) is 24.3 Å². The maximum atomic E-state index is 11.5. The van der Waals surface area contributed by atoms with Crippen LogP contribution in [0.4, 0.5) is 5.00 Å². The molecule has 5 heteroatoms. The lowest BCUT2D eigenvalue weighted by atomic mass is 10.1. The van der Waals surface area contributed by atoms with Gasteiger partial charge in [-0.1, -0.05) is 5.16 Å². The minimum atomic E-state index is -0.356. The topological polar surface area (TPSA) is 41.9 Å². The van der Waals surface area contributed by atoms with Crippen LogP contribution in [0.15, 0.2) is 22.9 Å². The third kappa shape index (κ3) is 2.56. The van der Waals surface area contributed by atoms with Crippen LogP contribution in [0.5, 0.6) is 0 Å². The molecule has 0 atom stereocenters. The molecule has 19 heavy (non-hydrogen) atoms. The van der Waals surface area contributed by atoms with Gasteiger partial charge in [0.05, 0.1) is 16.3 Å². The summed E-state index contributed by atoms with van der Waals surface area (Å²) in [6.45, 7) is 4.06. The first kappa shape index (κ1) is 12.4. The summed E-state index contributed by atoms with van der Waals surface area (Å²) >= 11 is 1.72. The lowest BCUT2D eigenvalue weighted by Gasteiger charge is -2.27. The van der Waals surface area contributed by atoms with Gasteiger partial charge in [-0.25, -0.2) is 4.79 Å². The van der Waals surface area contributed by atoms with E-state index in [0.29, 0.717) is 11.3 Å². The number of oxime groups is 1. The van der Waals surface area contributed by atoms with E-state index >= 15 is 0 Å². The zero-order chi connectivity index (χ0) is 13.2. The third-order valence-electron chi connectivity index (χ3n) is 3.44. The van der Waals surface area contributed by atoms with Crippen molar-refractivity contribution in [1.29, 1.82) is 0 Å². The lowest BCUT2D eigenvalue weighted by Crippen LogP contribution is -2.28. The molecule has 0 unspecified atom stereocenters. The Kier molecular flexibility index (Phi) is 3.38. The number of rotatable bonds is 2. The molecule has 4 nitrogen and oxygen atoms in total. The van der Waals surface area contributed by atoms with Gasteiger partial charge in [0.1, 0.15) is 0 Å². The van der Waals surface area contributed by atoms with Crippen LogP contribution in [0.3, 0.4) is 0 Å². The number of piperidine rings is 1. The highest BCUT2D eigenvalue weighted by Gasteiger charge is 2.22. The second-order valence-electron chi connectivity index (χ2n) is 4.84. The highest BCUT2D eigenvalue weighted by atomic mass is 32.1. The van der Waals surface area contributed by atoms with Crippen LogP contribution in [0, 0.1) is 0 Å². The van der Waals surface area contributed by atoms with Gasteiger partial charge in [0.25, 0.3) is 0 Å². The summed E-state index contributed by atoms with van der Waals surface area (Å²) in [6, 6.07) is 4.19. The molecule has 0 aliphatic carbocycles. The fourth-order valence-electron chi connectivity index (χ4n) is 2.37. The number of nitrogens with zero attached hydrogens (tertiary/aromatic N) is 2. The van der Waals surface area contributed by atoms with Crippen molar-refractivity contribution >= 4 is 34.1 Å². The van der Waals surface area contributed by atoms with Crippen molar-refractivity contribution in [1.82, 2.24) is 0 Å². The Morgan fingerprint density at radius 2 is 2.11 bits per heavy atom. The molecule has 0 radical (unpaired) electrons. The number of thiophene rings is 1. The number of anilines is 1. The fourth-order valence-corrected chi connectivity index (χ4v) is 3.37. The Labute approximate surface area is 116 Å². The van der Waals surface area contributed by atoms with Crippen molar-refractivity contribution in [3.8, 4) is 0 Å². The van der Waals surface area contributed by atoms with E-state index in [1.807, 2.05) is 6.08 Å². The maximum absolute atomic E-state index is 11.5. The Hall–Kier alpha value is -1.62. The van der Waals surface area contributed by atoms with Crippen LogP contribution in [-0.2, 0) is 9.63 Å². The quantitative estimate of drug-likeness (QED) is 0.616. The summed E-state index contributed by atoms with van der Waals surface area (Å²) in [5, 5.41) is 4.97. The predicted molar refractivity (Wildman–Crippen MR) is 77.6 cm³/mol. The van der Waals surface area contributed by atoms with Crippen LogP contribution in [-0.4, -0.2) is 24.8 Å². The van der Waals surface area contributed by atoms with Crippen molar-refractivity contribution in [2.45, 2.75) is 26.2 Å².